The predicted octanol–water partition coefficient (Wildman–Crippen LogP) is 3.58. The van der Waals surface area contributed by atoms with Crippen molar-refractivity contribution in [2.75, 3.05) is 7.11 Å². The molecule has 2 rings (SSSR count). The molecule has 138 valence electrons. The van der Waals surface area contributed by atoms with Crippen molar-refractivity contribution >= 4 is 17.5 Å². The topological polar surface area (TPSA) is 85.5 Å². The third-order valence-electron chi connectivity index (χ3n) is 4.33. The Morgan fingerprint density at radius 2 is 1.77 bits per heavy atom. The van der Waals surface area contributed by atoms with Crippen LogP contribution < -0.4 is 4.74 Å². The molecule has 1 aromatic heterocycles. The quantitative estimate of drug-likeness (QED) is 0.631. The van der Waals surface area contributed by atoms with Gasteiger partial charge in [0.1, 0.15) is 5.75 Å². The number of hydrogen-bond acceptors (Lipinski definition) is 5. The first-order valence-electron chi connectivity index (χ1n) is 8.27. The van der Waals surface area contributed by atoms with Gasteiger partial charge in [0, 0.05) is 11.3 Å². The van der Waals surface area contributed by atoms with Crippen LogP contribution in [-0.4, -0.2) is 35.7 Å². The van der Waals surface area contributed by atoms with E-state index in [4.69, 9.17) is 9.47 Å². The Hall–Kier alpha value is -2.89. The summed E-state index contributed by atoms with van der Waals surface area (Å²) < 4.78 is 10.5. The number of esters is 1. The Balaban J connectivity index is 2.21. The summed E-state index contributed by atoms with van der Waals surface area (Å²) in [6, 6.07) is 4.95. The van der Waals surface area contributed by atoms with E-state index in [1.807, 2.05) is 6.92 Å². The number of aromatic amines is 1. The number of rotatable bonds is 6. The van der Waals surface area contributed by atoms with Crippen LogP contribution in [0.25, 0.3) is 0 Å². The van der Waals surface area contributed by atoms with Gasteiger partial charge in [-0.1, -0.05) is 6.07 Å². The van der Waals surface area contributed by atoms with E-state index in [1.165, 1.54) is 21.0 Å². The molecule has 0 aliphatic carbocycles. The summed E-state index contributed by atoms with van der Waals surface area (Å²) >= 11 is 0. The minimum Gasteiger partial charge on any atom is -0.496 e. The van der Waals surface area contributed by atoms with Gasteiger partial charge in [0.05, 0.1) is 18.4 Å². The molecule has 0 aliphatic heterocycles. The van der Waals surface area contributed by atoms with Gasteiger partial charge in [0.25, 0.3) is 0 Å². The van der Waals surface area contributed by atoms with Gasteiger partial charge in [-0.2, -0.15) is 0 Å². The molecule has 0 radical (unpaired) electrons. The lowest BCUT2D eigenvalue weighted by atomic mass is 10.0. The first-order valence-corrected chi connectivity index (χ1v) is 8.27. The molecule has 0 saturated heterocycles. The molecule has 0 spiro atoms. The first kappa shape index (κ1) is 19.4. The standard InChI is InChI=1S/C20H23NO5/c1-10-7-8-15(9-16(10)25-6)20(24)26-14(5)19(23)18-11(2)17(13(4)22)12(3)21-18/h7-9,14,21H,1-6H3/t14-/m0/s1. The molecule has 1 N–H and O–H groups in total. The number of hydrogen-bond donors (Lipinski definition) is 1. The predicted molar refractivity (Wildman–Crippen MR) is 97.2 cm³/mol. The van der Waals surface area contributed by atoms with Crippen molar-refractivity contribution < 1.29 is 23.9 Å². The number of ketones is 2. The van der Waals surface area contributed by atoms with Gasteiger partial charge in [-0.15, -0.1) is 0 Å². The zero-order valence-electron chi connectivity index (χ0n) is 15.9. The molecule has 2 aromatic rings. The number of aryl methyl sites for hydroxylation is 2. The summed E-state index contributed by atoms with van der Waals surface area (Å²) in [5.41, 5.74) is 3.17. The summed E-state index contributed by atoms with van der Waals surface area (Å²) in [6.07, 6.45) is -0.994. The molecule has 0 aliphatic rings. The Bertz CT molecular complexity index is 879. The fourth-order valence-electron chi connectivity index (χ4n) is 2.96. The lowest BCUT2D eigenvalue weighted by molar-refractivity contribution is 0.0316. The second kappa shape index (κ2) is 7.56. The molecular formula is C20H23NO5. The van der Waals surface area contributed by atoms with Gasteiger partial charge in [-0.25, -0.2) is 4.79 Å². The van der Waals surface area contributed by atoms with Crippen molar-refractivity contribution in [3.8, 4) is 5.75 Å². The van der Waals surface area contributed by atoms with Gasteiger partial charge in [-0.05, 0) is 57.9 Å². The third-order valence-corrected chi connectivity index (χ3v) is 4.33. The SMILES string of the molecule is COc1cc(C(=O)O[C@@H](C)C(=O)c2[nH]c(C)c(C(C)=O)c2C)ccc1C. The molecule has 0 saturated carbocycles. The molecule has 26 heavy (non-hydrogen) atoms. The summed E-state index contributed by atoms with van der Waals surface area (Å²) in [5.74, 6) is -0.547. The van der Waals surface area contributed by atoms with Crippen LogP contribution in [0.3, 0.4) is 0 Å². The maximum atomic E-state index is 12.7. The fraction of sp³-hybridized carbons (Fsp3) is 0.350. The van der Waals surface area contributed by atoms with Crippen molar-refractivity contribution in [3.63, 3.8) is 0 Å². The van der Waals surface area contributed by atoms with Crippen molar-refractivity contribution in [2.24, 2.45) is 0 Å². The van der Waals surface area contributed by atoms with Gasteiger partial charge >= 0.3 is 5.97 Å². The smallest absolute Gasteiger partial charge is 0.338 e. The van der Waals surface area contributed by atoms with Gasteiger partial charge < -0.3 is 14.5 Å². The third kappa shape index (κ3) is 3.69. The van der Waals surface area contributed by atoms with Crippen molar-refractivity contribution in [1.82, 2.24) is 4.98 Å². The molecule has 6 nitrogen and oxygen atoms in total. The second-order valence-corrected chi connectivity index (χ2v) is 6.28. The zero-order valence-corrected chi connectivity index (χ0v) is 15.9. The fourth-order valence-corrected chi connectivity index (χ4v) is 2.96. The normalized spacial score (nSPS) is 11.8. The summed E-state index contributed by atoms with van der Waals surface area (Å²) in [6.45, 7) is 8.26. The minimum absolute atomic E-state index is 0.119. The van der Waals surface area contributed by atoms with Gasteiger partial charge in [0.15, 0.2) is 11.9 Å². The number of ether oxygens (including phenoxy) is 2. The van der Waals surface area contributed by atoms with E-state index in [0.29, 0.717) is 28.1 Å². The minimum atomic E-state index is -0.994. The molecule has 6 heteroatoms. The van der Waals surface area contributed by atoms with Gasteiger partial charge in [-0.3, -0.25) is 9.59 Å². The van der Waals surface area contributed by atoms with E-state index >= 15 is 0 Å². The Morgan fingerprint density at radius 3 is 2.31 bits per heavy atom. The van der Waals surface area contributed by atoms with Crippen molar-refractivity contribution in [3.05, 3.63) is 51.8 Å². The van der Waals surface area contributed by atoms with Crippen molar-refractivity contribution in [1.29, 1.82) is 0 Å². The number of methoxy groups -OCH3 is 1. The molecule has 0 bridgehead atoms. The lowest BCUT2D eigenvalue weighted by Crippen LogP contribution is -2.25. The van der Waals surface area contributed by atoms with Crippen LogP contribution in [0.2, 0.25) is 0 Å². The Kier molecular flexibility index (Phi) is 5.65. The van der Waals surface area contributed by atoms with Crippen LogP contribution in [0.5, 0.6) is 5.75 Å². The average Bonchev–Trinajstić information content (AvgIpc) is 2.88. The second-order valence-electron chi connectivity index (χ2n) is 6.28. The maximum Gasteiger partial charge on any atom is 0.338 e. The van der Waals surface area contributed by atoms with Gasteiger partial charge in [0.2, 0.25) is 5.78 Å². The van der Waals surface area contributed by atoms with Crippen LogP contribution in [0.1, 0.15) is 61.9 Å². The number of Topliss-reactive ketones (excluding diaryl/α,β-unsaturated/α-hetero) is 2. The highest BCUT2D eigenvalue weighted by Gasteiger charge is 2.26. The molecule has 1 atom stereocenters. The van der Waals surface area contributed by atoms with Crippen LogP contribution in [0, 0.1) is 20.8 Å². The van der Waals surface area contributed by atoms with Crippen LogP contribution >= 0.6 is 0 Å². The molecular weight excluding hydrogens is 334 g/mol. The Morgan fingerprint density at radius 1 is 1.12 bits per heavy atom. The number of carbonyl (C=O) groups is 3. The largest absolute Gasteiger partial charge is 0.496 e. The van der Waals surface area contributed by atoms with Crippen LogP contribution in [0.15, 0.2) is 18.2 Å². The molecule has 1 aromatic carbocycles. The van der Waals surface area contributed by atoms with E-state index in [2.05, 4.69) is 4.98 Å². The summed E-state index contributed by atoms with van der Waals surface area (Å²) in [5, 5.41) is 0. The van der Waals surface area contributed by atoms with Crippen LogP contribution in [-0.2, 0) is 4.74 Å². The van der Waals surface area contributed by atoms with Crippen LogP contribution in [0.4, 0.5) is 0 Å². The van der Waals surface area contributed by atoms with E-state index in [9.17, 15) is 14.4 Å². The van der Waals surface area contributed by atoms with Crippen molar-refractivity contribution in [2.45, 2.75) is 40.7 Å². The summed E-state index contributed by atoms with van der Waals surface area (Å²) in [4.78, 5) is 39.6. The molecule has 1 heterocycles. The zero-order chi connectivity index (χ0) is 19.6. The molecule has 0 unspecified atom stereocenters. The van der Waals surface area contributed by atoms with E-state index in [0.717, 1.165) is 5.56 Å². The average molecular weight is 357 g/mol. The number of nitrogens with one attached hydrogen (secondary N) is 1. The number of carbonyl (C=O) groups excluding carboxylic acids is 3. The monoisotopic (exact) mass is 357 g/mol. The molecule has 0 fully saturated rings. The maximum absolute atomic E-state index is 12.7. The first-order chi connectivity index (χ1) is 12.2. The van der Waals surface area contributed by atoms with E-state index < -0.39 is 12.1 Å². The van der Waals surface area contributed by atoms with E-state index in [-0.39, 0.29) is 17.3 Å². The summed E-state index contributed by atoms with van der Waals surface area (Å²) in [7, 11) is 1.52. The highest BCUT2D eigenvalue weighted by atomic mass is 16.5. The highest BCUT2D eigenvalue weighted by molar-refractivity contribution is 6.05. The molecule has 0 amide bonds. The van der Waals surface area contributed by atoms with E-state index in [1.54, 1.807) is 32.0 Å². The number of benzene rings is 1. The highest BCUT2D eigenvalue weighted by Crippen LogP contribution is 2.22. The lowest BCUT2D eigenvalue weighted by Gasteiger charge is -2.13. The Labute approximate surface area is 152 Å². The number of H-pyrrole nitrogens is 1. The number of aromatic nitrogens is 1.